The average Bonchev–Trinajstić information content (AvgIpc) is 2.97. The Morgan fingerprint density at radius 2 is 2.04 bits per heavy atom. The van der Waals surface area contributed by atoms with E-state index in [1.54, 1.807) is 32.0 Å². The molecule has 2 aromatic rings. The SMILES string of the molecule is COc1ccc(C)cc1S(=O)(=O)NCCN(C(C)=O)c1cc(C)on1. The number of nitrogens with zero attached hydrogens (tertiary/aromatic N) is 2. The summed E-state index contributed by atoms with van der Waals surface area (Å²) in [6.45, 7) is 5.02. The molecule has 0 atom stereocenters. The van der Waals surface area contributed by atoms with Crippen LogP contribution in [0.5, 0.6) is 5.75 Å². The minimum absolute atomic E-state index is 0.0188. The topological polar surface area (TPSA) is 102 Å². The van der Waals surface area contributed by atoms with Crippen molar-refractivity contribution >= 4 is 21.7 Å². The molecule has 136 valence electrons. The van der Waals surface area contributed by atoms with E-state index in [0.717, 1.165) is 5.56 Å². The lowest BCUT2D eigenvalue weighted by Crippen LogP contribution is -2.37. The third-order valence-electron chi connectivity index (χ3n) is 3.51. The van der Waals surface area contributed by atoms with Gasteiger partial charge in [-0.05, 0) is 31.5 Å². The molecule has 0 saturated heterocycles. The van der Waals surface area contributed by atoms with Gasteiger partial charge in [-0.1, -0.05) is 11.2 Å². The van der Waals surface area contributed by atoms with Gasteiger partial charge >= 0.3 is 0 Å². The van der Waals surface area contributed by atoms with Crippen molar-refractivity contribution in [3.63, 3.8) is 0 Å². The van der Waals surface area contributed by atoms with Crippen molar-refractivity contribution in [3.05, 3.63) is 35.6 Å². The molecule has 0 aliphatic heterocycles. The Labute approximate surface area is 146 Å². The summed E-state index contributed by atoms with van der Waals surface area (Å²) in [4.78, 5) is 13.2. The van der Waals surface area contributed by atoms with Crippen molar-refractivity contribution in [2.24, 2.45) is 0 Å². The highest BCUT2D eigenvalue weighted by atomic mass is 32.2. The largest absolute Gasteiger partial charge is 0.495 e. The van der Waals surface area contributed by atoms with Gasteiger partial charge in [0.05, 0.1) is 7.11 Å². The van der Waals surface area contributed by atoms with E-state index >= 15 is 0 Å². The molecule has 0 radical (unpaired) electrons. The van der Waals surface area contributed by atoms with E-state index in [4.69, 9.17) is 9.26 Å². The zero-order chi connectivity index (χ0) is 18.6. The maximum absolute atomic E-state index is 12.5. The van der Waals surface area contributed by atoms with Crippen molar-refractivity contribution in [2.45, 2.75) is 25.7 Å². The smallest absolute Gasteiger partial charge is 0.244 e. The number of aryl methyl sites for hydroxylation is 2. The van der Waals surface area contributed by atoms with Crippen LogP contribution < -0.4 is 14.4 Å². The Morgan fingerprint density at radius 1 is 1.32 bits per heavy atom. The molecular formula is C16H21N3O5S. The van der Waals surface area contributed by atoms with E-state index in [1.165, 1.54) is 25.0 Å². The first-order valence-electron chi connectivity index (χ1n) is 7.60. The predicted octanol–water partition coefficient (Wildman–Crippen LogP) is 1.63. The standard InChI is InChI=1S/C16H21N3O5S/c1-11-5-6-14(23-4)15(9-11)25(21,22)17-7-8-19(13(3)20)16-10-12(2)24-18-16/h5-6,9-10,17H,7-8H2,1-4H3. The fourth-order valence-corrected chi connectivity index (χ4v) is 3.55. The van der Waals surface area contributed by atoms with Crippen molar-refractivity contribution in [3.8, 4) is 5.75 Å². The van der Waals surface area contributed by atoms with Crippen LogP contribution in [0.3, 0.4) is 0 Å². The van der Waals surface area contributed by atoms with Crippen LogP contribution in [0.1, 0.15) is 18.2 Å². The van der Waals surface area contributed by atoms with Crippen molar-refractivity contribution in [1.82, 2.24) is 9.88 Å². The molecule has 8 nitrogen and oxygen atoms in total. The number of aromatic nitrogens is 1. The number of carbonyl (C=O) groups excluding carboxylic acids is 1. The summed E-state index contributed by atoms with van der Waals surface area (Å²) < 4.78 is 37.6. The van der Waals surface area contributed by atoms with E-state index in [2.05, 4.69) is 9.88 Å². The highest BCUT2D eigenvalue weighted by Crippen LogP contribution is 2.24. The molecule has 1 aromatic carbocycles. The molecule has 0 aliphatic rings. The zero-order valence-corrected chi connectivity index (χ0v) is 15.4. The van der Waals surface area contributed by atoms with E-state index in [-0.39, 0.29) is 29.6 Å². The summed E-state index contributed by atoms with van der Waals surface area (Å²) >= 11 is 0. The minimum atomic E-state index is -3.78. The second kappa shape index (κ2) is 7.66. The molecular weight excluding hydrogens is 346 g/mol. The van der Waals surface area contributed by atoms with Crippen LogP contribution in [0.4, 0.5) is 5.82 Å². The van der Waals surface area contributed by atoms with Gasteiger partial charge in [0.15, 0.2) is 5.82 Å². The Morgan fingerprint density at radius 3 is 2.60 bits per heavy atom. The number of sulfonamides is 1. The van der Waals surface area contributed by atoms with Gasteiger partial charge in [-0.15, -0.1) is 0 Å². The number of carbonyl (C=O) groups is 1. The van der Waals surface area contributed by atoms with Gasteiger partial charge in [-0.25, -0.2) is 13.1 Å². The van der Waals surface area contributed by atoms with Crippen molar-refractivity contribution in [2.75, 3.05) is 25.1 Å². The van der Waals surface area contributed by atoms with Gasteiger partial charge < -0.3 is 9.26 Å². The third kappa shape index (κ3) is 4.58. The summed E-state index contributed by atoms with van der Waals surface area (Å²) in [5.74, 6) is 0.901. The van der Waals surface area contributed by atoms with Gasteiger partial charge in [0.1, 0.15) is 16.4 Å². The van der Waals surface area contributed by atoms with Crippen LogP contribution in [0, 0.1) is 13.8 Å². The quantitative estimate of drug-likeness (QED) is 0.798. The Kier molecular flexibility index (Phi) is 5.81. The number of amides is 1. The highest BCUT2D eigenvalue weighted by Gasteiger charge is 2.21. The predicted molar refractivity (Wildman–Crippen MR) is 92.2 cm³/mol. The first-order chi connectivity index (χ1) is 11.7. The number of ether oxygens (including phenoxy) is 1. The zero-order valence-electron chi connectivity index (χ0n) is 14.6. The molecule has 0 bridgehead atoms. The van der Waals surface area contributed by atoms with Crippen LogP contribution in [0.2, 0.25) is 0 Å². The molecule has 0 unspecified atom stereocenters. The molecule has 1 N–H and O–H groups in total. The van der Waals surface area contributed by atoms with Crippen LogP contribution in [-0.4, -0.2) is 39.7 Å². The maximum Gasteiger partial charge on any atom is 0.244 e. The Balaban J connectivity index is 2.11. The normalized spacial score (nSPS) is 11.4. The second-order valence-corrected chi connectivity index (χ2v) is 7.25. The Bertz CT molecular complexity index is 860. The fraction of sp³-hybridized carbons (Fsp3) is 0.375. The van der Waals surface area contributed by atoms with Crippen LogP contribution in [0.15, 0.2) is 33.7 Å². The molecule has 1 amide bonds. The Hall–Kier alpha value is -2.39. The van der Waals surface area contributed by atoms with Crippen LogP contribution in [-0.2, 0) is 14.8 Å². The fourth-order valence-electron chi connectivity index (χ4n) is 2.28. The molecule has 9 heteroatoms. The van der Waals surface area contributed by atoms with Crippen LogP contribution in [0.25, 0.3) is 0 Å². The summed E-state index contributed by atoms with van der Waals surface area (Å²) in [5.41, 5.74) is 0.796. The first kappa shape index (κ1) is 18.9. The molecule has 1 aromatic heterocycles. The number of methoxy groups -OCH3 is 1. The average molecular weight is 367 g/mol. The summed E-state index contributed by atoms with van der Waals surface area (Å²) in [5, 5.41) is 3.78. The maximum atomic E-state index is 12.5. The molecule has 0 fully saturated rings. The highest BCUT2D eigenvalue weighted by molar-refractivity contribution is 7.89. The molecule has 0 spiro atoms. The lowest BCUT2D eigenvalue weighted by molar-refractivity contribution is -0.116. The molecule has 0 aliphatic carbocycles. The molecule has 0 saturated carbocycles. The third-order valence-corrected chi connectivity index (χ3v) is 4.99. The molecule has 2 rings (SSSR count). The summed E-state index contributed by atoms with van der Waals surface area (Å²) in [7, 11) is -2.37. The lowest BCUT2D eigenvalue weighted by atomic mass is 10.2. The minimum Gasteiger partial charge on any atom is -0.495 e. The van der Waals surface area contributed by atoms with E-state index in [0.29, 0.717) is 11.6 Å². The van der Waals surface area contributed by atoms with Gasteiger partial charge in [0.2, 0.25) is 15.9 Å². The first-order valence-corrected chi connectivity index (χ1v) is 9.08. The van der Waals surface area contributed by atoms with Gasteiger partial charge in [-0.3, -0.25) is 9.69 Å². The molecule has 1 heterocycles. The number of anilines is 1. The number of nitrogens with one attached hydrogen (secondary N) is 1. The van der Waals surface area contributed by atoms with Crippen LogP contribution >= 0.6 is 0 Å². The second-order valence-electron chi connectivity index (χ2n) is 5.52. The number of benzene rings is 1. The number of hydrogen-bond donors (Lipinski definition) is 1. The summed E-state index contributed by atoms with van der Waals surface area (Å²) in [6.07, 6.45) is 0. The van der Waals surface area contributed by atoms with E-state index in [1.807, 2.05) is 0 Å². The lowest BCUT2D eigenvalue weighted by Gasteiger charge is -2.18. The van der Waals surface area contributed by atoms with E-state index in [9.17, 15) is 13.2 Å². The molecule has 25 heavy (non-hydrogen) atoms. The van der Waals surface area contributed by atoms with Crippen molar-refractivity contribution in [1.29, 1.82) is 0 Å². The van der Waals surface area contributed by atoms with Gasteiger partial charge in [-0.2, -0.15) is 0 Å². The monoisotopic (exact) mass is 367 g/mol. The van der Waals surface area contributed by atoms with Gasteiger partial charge in [0.25, 0.3) is 0 Å². The number of hydrogen-bond acceptors (Lipinski definition) is 6. The van der Waals surface area contributed by atoms with Gasteiger partial charge in [0, 0.05) is 26.1 Å². The van der Waals surface area contributed by atoms with E-state index < -0.39 is 10.0 Å². The number of rotatable bonds is 7. The summed E-state index contributed by atoms with van der Waals surface area (Å²) in [6, 6.07) is 6.51. The van der Waals surface area contributed by atoms with Crippen molar-refractivity contribution < 1.29 is 22.5 Å².